The van der Waals surface area contributed by atoms with Gasteiger partial charge in [0.1, 0.15) is 4.33 Å². The van der Waals surface area contributed by atoms with E-state index < -0.39 is 4.33 Å². The number of nitrogens with zero attached hydrogens (tertiary/aromatic N) is 1. The Balaban J connectivity index is 2.01. The van der Waals surface area contributed by atoms with Gasteiger partial charge in [0, 0.05) is 23.0 Å². The Hall–Kier alpha value is -0.990. The average molecular weight is 280 g/mol. The van der Waals surface area contributed by atoms with Gasteiger partial charge in [-0.15, -0.1) is 23.2 Å². The summed E-state index contributed by atoms with van der Waals surface area (Å²) in [4.78, 5) is 0. The van der Waals surface area contributed by atoms with Crippen molar-refractivity contribution in [1.82, 2.24) is 5.16 Å². The molecule has 0 saturated heterocycles. The predicted octanol–water partition coefficient (Wildman–Crippen LogP) is 4.09. The largest absolute Gasteiger partial charge is 0.356 e. The van der Waals surface area contributed by atoms with Gasteiger partial charge in [0.15, 0.2) is 5.76 Å². The molecule has 4 rings (SSSR count). The normalized spacial score (nSPS) is 26.8. The van der Waals surface area contributed by atoms with Crippen LogP contribution in [-0.4, -0.2) is 9.49 Å². The third kappa shape index (κ3) is 1.23. The number of fused-ring (bicyclic) bond motifs is 5. The van der Waals surface area contributed by atoms with E-state index in [1.807, 2.05) is 19.1 Å². The Morgan fingerprint density at radius 3 is 2.94 bits per heavy atom. The molecule has 0 radical (unpaired) electrons. The second-order valence-corrected chi connectivity index (χ2v) is 6.57. The maximum Gasteiger partial charge on any atom is 0.170 e. The van der Waals surface area contributed by atoms with Crippen molar-refractivity contribution in [2.75, 3.05) is 0 Å². The van der Waals surface area contributed by atoms with E-state index in [4.69, 9.17) is 27.7 Å². The maximum atomic E-state index is 6.41. The molecule has 0 N–H and O–H groups in total. The van der Waals surface area contributed by atoms with Crippen LogP contribution < -0.4 is 0 Å². The van der Waals surface area contributed by atoms with Gasteiger partial charge in [-0.1, -0.05) is 29.4 Å². The summed E-state index contributed by atoms with van der Waals surface area (Å²) in [7, 11) is 0. The molecule has 2 aliphatic carbocycles. The predicted molar refractivity (Wildman–Crippen MR) is 71.0 cm³/mol. The van der Waals surface area contributed by atoms with Crippen molar-refractivity contribution in [1.29, 1.82) is 0 Å². The first kappa shape index (κ1) is 10.9. The highest BCUT2D eigenvalue weighted by Crippen LogP contribution is 2.68. The molecular weight excluding hydrogens is 269 g/mol. The fourth-order valence-corrected chi connectivity index (χ4v) is 3.92. The summed E-state index contributed by atoms with van der Waals surface area (Å²) in [6.45, 7) is 1.97. The molecule has 1 aromatic heterocycles. The van der Waals surface area contributed by atoms with Crippen molar-refractivity contribution in [2.45, 2.75) is 23.6 Å². The number of aromatic nitrogens is 1. The van der Waals surface area contributed by atoms with Gasteiger partial charge in [-0.25, -0.2) is 0 Å². The second-order valence-electron chi connectivity index (χ2n) is 5.13. The molecule has 4 heteroatoms. The molecule has 0 aliphatic heterocycles. The number of aryl methyl sites for hydroxylation is 1. The van der Waals surface area contributed by atoms with Gasteiger partial charge in [0.2, 0.25) is 0 Å². The SMILES string of the molecule is Cc1noc2c1CC1C(c3ccccc3-2)C1(Cl)Cl. The summed E-state index contributed by atoms with van der Waals surface area (Å²) in [5.41, 5.74) is 4.36. The number of hydrogen-bond acceptors (Lipinski definition) is 2. The van der Waals surface area contributed by atoms with Crippen molar-refractivity contribution < 1.29 is 4.52 Å². The van der Waals surface area contributed by atoms with Gasteiger partial charge in [-0.05, 0) is 18.9 Å². The molecule has 1 saturated carbocycles. The highest BCUT2D eigenvalue weighted by molar-refractivity contribution is 6.52. The number of rotatable bonds is 0. The average Bonchev–Trinajstić information content (AvgIpc) is 2.77. The number of alkyl halides is 2. The van der Waals surface area contributed by atoms with Gasteiger partial charge in [-0.3, -0.25) is 0 Å². The van der Waals surface area contributed by atoms with E-state index in [2.05, 4.69) is 17.3 Å². The summed E-state index contributed by atoms with van der Waals surface area (Å²) >= 11 is 12.8. The van der Waals surface area contributed by atoms with Gasteiger partial charge in [0.25, 0.3) is 0 Å². The van der Waals surface area contributed by atoms with Crippen LogP contribution in [0.2, 0.25) is 0 Å². The fourth-order valence-electron chi connectivity index (χ4n) is 3.10. The van der Waals surface area contributed by atoms with Crippen LogP contribution in [0.5, 0.6) is 0 Å². The summed E-state index contributed by atoms with van der Waals surface area (Å²) in [6.07, 6.45) is 0.844. The molecule has 2 aromatic rings. The highest BCUT2D eigenvalue weighted by atomic mass is 35.5. The lowest BCUT2D eigenvalue weighted by Gasteiger charge is -2.07. The third-order valence-electron chi connectivity index (χ3n) is 4.15. The van der Waals surface area contributed by atoms with Gasteiger partial charge >= 0.3 is 0 Å². The first-order valence-corrected chi connectivity index (χ1v) is 6.78. The summed E-state index contributed by atoms with van der Waals surface area (Å²) in [6, 6.07) is 8.18. The minimum atomic E-state index is -0.641. The van der Waals surface area contributed by atoms with Crippen molar-refractivity contribution in [3.05, 3.63) is 41.1 Å². The van der Waals surface area contributed by atoms with Crippen molar-refractivity contribution in [2.24, 2.45) is 5.92 Å². The summed E-state index contributed by atoms with van der Waals surface area (Å²) < 4.78 is 4.85. The molecule has 92 valence electrons. The molecule has 0 spiro atoms. The zero-order valence-electron chi connectivity index (χ0n) is 9.78. The van der Waals surface area contributed by atoms with E-state index in [1.165, 1.54) is 5.56 Å². The molecule has 0 amide bonds. The van der Waals surface area contributed by atoms with Crippen molar-refractivity contribution >= 4 is 23.2 Å². The Morgan fingerprint density at radius 2 is 2.11 bits per heavy atom. The van der Waals surface area contributed by atoms with E-state index in [-0.39, 0.29) is 11.8 Å². The van der Waals surface area contributed by atoms with Crippen LogP contribution in [0.25, 0.3) is 11.3 Å². The number of hydrogen-bond donors (Lipinski definition) is 0. The standard InChI is InChI=1S/C14H11Cl2NO/c1-7-10-6-11-12(14(11,15)16)8-4-2-3-5-9(8)13(10)18-17-7/h2-5,11-12H,6H2,1H3. The van der Waals surface area contributed by atoms with Crippen LogP contribution in [0.4, 0.5) is 0 Å². The fraction of sp³-hybridized carbons (Fsp3) is 0.357. The molecule has 0 bridgehead atoms. The van der Waals surface area contributed by atoms with Crippen LogP contribution in [0.1, 0.15) is 22.7 Å². The number of benzene rings is 1. The Morgan fingerprint density at radius 1 is 1.33 bits per heavy atom. The van der Waals surface area contributed by atoms with Crippen molar-refractivity contribution in [3.8, 4) is 11.3 Å². The lowest BCUT2D eigenvalue weighted by atomic mass is 10.0. The minimum absolute atomic E-state index is 0.207. The molecule has 1 heterocycles. The molecule has 2 nitrogen and oxygen atoms in total. The molecule has 1 aromatic carbocycles. The Labute approximate surface area is 115 Å². The zero-order chi connectivity index (χ0) is 12.5. The van der Waals surface area contributed by atoms with E-state index >= 15 is 0 Å². The van der Waals surface area contributed by atoms with E-state index in [0.29, 0.717) is 0 Å². The van der Waals surface area contributed by atoms with Crippen LogP contribution in [-0.2, 0) is 6.42 Å². The van der Waals surface area contributed by atoms with E-state index in [0.717, 1.165) is 29.0 Å². The maximum absolute atomic E-state index is 6.41. The highest BCUT2D eigenvalue weighted by Gasteiger charge is 2.65. The molecule has 1 fully saturated rings. The van der Waals surface area contributed by atoms with Gasteiger partial charge in [0.05, 0.1) is 5.69 Å². The summed E-state index contributed by atoms with van der Waals surface area (Å²) in [5.74, 6) is 1.36. The molecule has 2 aliphatic rings. The monoisotopic (exact) mass is 279 g/mol. The van der Waals surface area contributed by atoms with Gasteiger partial charge < -0.3 is 4.52 Å². The zero-order valence-corrected chi connectivity index (χ0v) is 11.3. The molecule has 2 unspecified atom stereocenters. The molecule has 2 atom stereocenters. The van der Waals surface area contributed by atoms with E-state index in [1.54, 1.807) is 0 Å². The second kappa shape index (κ2) is 3.31. The Bertz CT molecular complexity index is 647. The topological polar surface area (TPSA) is 26.0 Å². The minimum Gasteiger partial charge on any atom is -0.356 e. The lowest BCUT2D eigenvalue weighted by molar-refractivity contribution is 0.426. The van der Waals surface area contributed by atoms with Crippen LogP contribution in [0.15, 0.2) is 28.8 Å². The van der Waals surface area contributed by atoms with Crippen LogP contribution in [0.3, 0.4) is 0 Å². The molecule has 18 heavy (non-hydrogen) atoms. The van der Waals surface area contributed by atoms with E-state index in [9.17, 15) is 0 Å². The quantitative estimate of drug-likeness (QED) is 0.679. The van der Waals surface area contributed by atoms with Gasteiger partial charge in [-0.2, -0.15) is 0 Å². The lowest BCUT2D eigenvalue weighted by Crippen LogP contribution is -1.98. The Kier molecular flexibility index (Phi) is 2.00. The molecular formula is C14H11Cl2NO. The third-order valence-corrected chi connectivity index (χ3v) is 5.18. The van der Waals surface area contributed by atoms with Crippen LogP contribution >= 0.6 is 23.2 Å². The summed E-state index contributed by atoms with van der Waals surface area (Å²) in [5, 5.41) is 4.08. The smallest absolute Gasteiger partial charge is 0.170 e. The van der Waals surface area contributed by atoms with Crippen molar-refractivity contribution in [3.63, 3.8) is 0 Å². The number of halogens is 2. The van der Waals surface area contributed by atoms with Crippen LogP contribution in [0, 0.1) is 12.8 Å². The first-order valence-electron chi connectivity index (χ1n) is 6.03. The first-order chi connectivity index (χ1) is 8.60.